The molecule has 81 valence electrons. The molecule has 0 saturated heterocycles. The van der Waals surface area contributed by atoms with E-state index < -0.39 is 0 Å². The number of hydrogen-bond acceptors (Lipinski definition) is 2. The van der Waals surface area contributed by atoms with Gasteiger partial charge in [-0.1, -0.05) is 0 Å². The first-order valence-electron chi connectivity index (χ1n) is 4.90. The number of benzene rings is 1. The summed E-state index contributed by atoms with van der Waals surface area (Å²) in [6, 6.07) is 7.97. The number of nitrogens with zero attached hydrogens (tertiary/aromatic N) is 2. The van der Waals surface area contributed by atoms with Crippen LogP contribution in [0.25, 0.3) is 6.08 Å². The molecule has 2 rings (SSSR count). The number of carbonyl (C=O) groups is 1. The fourth-order valence-corrected chi connectivity index (χ4v) is 1.78. The Labute approximate surface area is 103 Å². The Morgan fingerprint density at radius 3 is 2.44 bits per heavy atom. The Hall–Kier alpha value is -1.38. The van der Waals surface area contributed by atoms with E-state index in [1.54, 1.807) is 13.1 Å². The van der Waals surface area contributed by atoms with Gasteiger partial charge >= 0.3 is 102 Å². The third-order valence-electron chi connectivity index (χ3n) is 2.41. The molecule has 1 radical (unpaired) electrons. The fourth-order valence-electron chi connectivity index (χ4n) is 1.40. The van der Waals surface area contributed by atoms with Gasteiger partial charge in [-0.2, -0.15) is 0 Å². The molecule has 1 aliphatic heterocycles. The first-order chi connectivity index (χ1) is 7.58. The van der Waals surface area contributed by atoms with Crippen molar-refractivity contribution in [2.24, 2.45) is 4.99 Å². The Morgan fingerprint density at radius 2 is 1.94 bits per heavy atom. The van der Waals surface area contributed by atoms with E-state index in [1.807, 2.05) is 31.2 Å². The summed E-state index contributed by atoms with van der Waals surface area (Å²) in [5.41, 5.74) is 2.66. The van der Waals surface area contributed by atoms with Gasteiger partial charge in [0, 0.05) is 0 Å². The predicted molar refractivity (Wildman–Crippen MR) is 65.1 cm³/mol. The van der Waals surface area contributed by atoms with E-state index >= 15 is 0 Å². The van der Waals surface area contributed by atoms with Crippen LogP contribution in [0.4, 0.5) is 0 Å². The molecule has 1 heterocycles. The molecular formula is C12H11N2OSe. The topological polar surface area (TPSA) is 32.7 Å². The van der Waals surface area contributed by atoms with Gasteiger partial charge in [-0.05, 0) is 0 Å². The van der Waals surface area contributed by atoms with Crippen molar-refractivity contribution in [2.75, 3.05) is 7.05 Å². The average Bonchev–Trinajstić information content (AvgIpc) is 2.50. The number of amidine groups is 1. The predicted octanol–water partition coefficient (Wildman–Crippen LogP) is 1.33. The van der Waals surface area contributed by atoms with Crippen molar-refractivity contribution in [1.29, 1.82) is 0 Å². The summed E-state index contributed by atoms with van der Waals surface area (Å²) < 4.78 is 0.614. The van der Waals surface area contributed by atoms with Crippen LogP contribution < -0.4 is 0 Å². The van der Waals surface area contributed by atoms with Crippen molar-refractivity contribution in [3.8, 4) is 0 Å². The molecular weight excluding hydrogens is 267 g/mol. The number of aliphatic imine (C=N–C) groups is 1. The third kappa shape index (κ3) is 2.08. The van der Waals surface area contributed by atoms with Crippen LogP contribution >= 0.6 is 0 Å². The number of rotatable bonds is 1. The van der Waals surface area contributed by atoms with Crippen molar-refractivity contribution >= 4 is 32.7 Å². The first-order valence-corrected chi connectivity index (χ1v) is 5.76. The molecule has 1 aromatic carbocycles. The zero-order chi connectivity index (χ0) is 11.7. The van der Waals surface area contributed by atoms with Gasteiger partial charge < -0.3 is 0 Å². The standard InChI is InChI=1S/C12H11N2OSe/c1-8-3-5-9(6-4-8)7-10-11(15)14(2)12(16)13-10/h3-7H,1-2H3. The van der Waals surface area contributed by atoms with E-state index in [2.05, 4.69) is 21.0 Å². The molecule has 0 spiro atoms. The SMILES string of the molecule is Cc1ccc(C=C2N=C([Se])N(C)C2=O)cc1. The summed E-state index contributed by atoms with van der Waals surface area (Å²) in [5.74, 6) is -0.0747. The van der Waals surface area contributed by atoms with Crippen LogP contribution in [0.5, 0.6) is 0 Å². The Bertz CT molecular complexity index is 488. The first kappa shape index (κ1) is 11.1. The summed E-state index contributed by atoms with van der Waals surface area (Å²) >= 11 is 2.76. The van der Waals surface area contributed by atoms with E-state index in [1.165, 1.54) is 10.5 Å². The molecule has 4 heteroatoms. The summed E-state index contributed by atoms with van der Waals surface area (Å²) in [4.78, 5) is 17.4. The molecule has 0 N–H and O–H groups in total. The molecule has 3 nitrogen and oxygen atoms in total. The number of likely N-dealkylation sites (N-methyl/N-ethyl adjacent to an activating group) is 1. The molecule has 1 amide bonds. The molecule has 1 aliphatic rings. The van der Waals surface area contributed by atoms with E-state index in [0.717, 1.165) is 5.56 Å². The average molecular weight is 278 g/mol. The van der Waals surface area contributed by atoms with Crippen molar-refractivity contribution < 1.29 is 4.79 Å². The second-order valence-corrected chi connectivity index (χ2v) is 4.46. The molecule has 0 bridgehead atoms. The number of hydrogen-bond donors (Lipinski definition) is 0. The van der Waals surface area contributed by atoms with Gasteiger partial charge in [0.15, 0.2) is 0 Å². The maximum absolute atomic E-state index is 11.7. The molecule has 0 saturated carbocycles. The number of carbonyl (C=O) groups excluding carboxylic acids is 1. The van der Waals surface area contributed by atoms with E-state index in [0.29, 0.717) is 10.4 Å². The number of aryl methyl sites for hydroxylation is 1. The molecule has 1 aromatic rings. The quantitative estimate of drug-likeness (QED) is 0.563. The minimum atomic E-state index is -0.0747. The van der Waals surface area contributed by atoms with Gasteiger partial charge in [-0.3, -0.25) is 0 Å². The van der Waals surface area contributed by atoms with Crippen LogP contribution in [0.2, 0.25) is 0 Å². The monoisotopic (exact) mass is 279 g/mol. The Balaban J connectivity index is 2.32. The van der Waals surface area contributed by atoms with Crippen LogP contribution in [0.3, 0.4) is 0 Å². The summed E-state index contributed by atoms with van der Waals surface area (Å²) in [6.45, 7) is 2.03. The Kier molecular flexibility index (Phi) is 2.94. The molecule has 0 fully saturated rings. The molecule has 0 aliphatic carbocycles. The summed E-state index contributed by atoms with van der Waals surface area (Å²) in [6.07, 6.45) is 1.79. The number of amides is 1. The molecule has 0 aromatic heterocycles. The second-order valence-electron chi connectivity index (χ2n) is 3.70. The van der Waals surface area contributed by atoms with Gasteiger partial charge in [0.25, 0.3) is 0 Å². The van der Waals surface area contributed by atoms with Crippen LogP contribution in [0.1, 0.15) is 11.1 Å². The third-order valence-corrected chi connectivity index (χ3v) is 3.17. The molecule has 0 atom stereocenters. The van der Waals surface area contributed by atoms with E-state index in [4.69, 9.17) is 0 Å². The second kappa shape index (κ2) is 4.24. The van der Waals surface area contributed by atoms with Crippen LogP contribution in [0, 0.1) is 6.92 Å². The molecule has 0 unspecified atom stereocenters. The van der Waals surface area contributed by atoms with Crippen LogP contribution in [-0.2, 0) is 4.79 Å². The zero-order valence-electron chi connectivity index (χ0n) is 9.10. The van der Waals surface area contributed by atoms with Crippen molar-refractivity contribution in [2.45, 2.75) is 6.92 Å². The Morgan fingerprint density at radius 1 is 1.31 bits per heavy atom. The van der Waals surface area contributed by atoms with Crippen molar-refractivity contribution in [3.63, 3.8) is 0 Å². The van der Waals surface area contributed by atoms with Gasteiger partial charge in [0.2, 0.25) is 0 Å². The molecule has 16 heavy (non-hydrogen) atoms. The van der Waals surface area contributed by atoms with E-state index in [9.17, 15) is 4.79 Å². The van der Waals surface area contributed by atoms with Crippen LogP contribution in [0.15, 0.2) is 35.0 Å². The maximum atomic E-state index is 11.7. The van der Waals surface area contributed by atoms with Crippen molar-refractivity contribution in [1.82, 2.24) is 4.90 Å². The van der Waals surface area contributed by atoms with Gasteiger partial charge in [-0.25, -0.2) is 0 Å². The zero-order valence-corrected chi connectivity index (χ0v) is 10.8. The summed E-state index contributed by atoms with van der Waals surface area (Å²) in [5, 5.41) is 0. The van der Waals surface area contributed by atoms with Crippen molar-refractivity contribution in [3.05, 3.63) is 41.1 Å². The van der Waals surface area contributed by atoms with Gasteiger partial charge in [0.05, 0.1) is 0 Å². The normalized spacial score (nSPS) is 18.1. The van der Waals surface area contributed by atoms with Crippen LogP contribution in [-0.4, -0.2) is 38.6 Å². The van der Waals surface area contributed by atoms with Gasteiger partial charge in [-0.15, -0.1) is 0 Å². The minimum absolute atomic E-state index is 0.0747. The fraction of sp³-hybridized carbons (Fsp3) is 0.167. The summed E-state index contributed by atoms with van der Waals surface area (Å²) in [7, 11) is 1.70. The van der Waals surface area contributed by atoms with E-state index in [-0.39, 0.29) is 5.91 Å². The van der Waals surface area contributed by atoms with Gasteiger partial charge in [0.1, 0.15) is 0 Å².